The van der Waals surface area contributed by atoms with Crippen molar-refractivity contribution < 1.29 is 5.11 Å². The number of phenolic OH excluding ortho intramolecular Hbond substituents is 1. The molecule has 5 aromatic rings. The van der Waals surface area contributed by atoms with Crippen molar-refractivity contribution in [1.82, 2.24) is 15.0 Å². The smallest absolute Gasteiger partial charge is 0.147 e. The van der Waals surface area contributed by atoms with Crippen LogP contribution in [0.2, 0.25) is 0 Å². The number of phenols is 1. The molecule has 40 heavy (non-hydrogen) atoms. The lowest BCUT2D eigenvalue weighted by Gasteiger charge is -2.35. The van der Waals surface area contributed by atoms with E-state index in [2.05, 4.69) is 72.7 Å². The highest BCUT2D eigenvalue weighted by Crippen LogP contribution is 2.44. The summed E-state index contributed by atoms with van der Waals surface area (Å²) in [5.74, 6) is 0.197. The number of hydrogen-bond acceptors (Lipinski definition) is 4. The number of aromatic hydroxyl groups is 1. The number of nitrogen functional groups attached to an aromatic ring is 1. The molecule has 0 saturated carbocycles. The lowest BCUT2D eigenvalue weighted by Crippen LogP contribution is -2.27. The largest absolute Gasteiger partial charge is 0.505 e. The number of nitrogens with zero attached hydrogens (tertiary/aromatic N) is 3. The lowest BCUT2D eigenvalue weighted by atomic mass is 9.70. The van der Waals surface area contributed by atoms with Crippen LogP contribution in [-0.4, -0.2) is 20.1 Å². The molecule has 0 fully saturated rings. The topological polar surface area (TPSA) is 77.0 Å². The minimum Gasteiger partial charge on any atom is -0.505 e. The number of nitrogens with two attached hydrogens (primary N) is 1. The highest BCUT2D eigenvalue weighted by atomic mass is 16.3. The van der Waals surface area contributed by atoms with E-state index >= 15 is 0 Å². The Balaban J connectivity index is 1.69. The van der Waals surface area contributed by atoms with Crippen LogP contribution < -0.4 is 5.73 Å². The van der Waals surface area contributed by atoms with Crippen molar-refractivity contribution in [3.05, 3.63) is 102 Å². The third kappa shape index (κ3) is 5.33. The minimum atomic E-state index is -0.442. The number of hydrogen-bond donors (Lipinski definition) is 2. The Morgan fingerprint density at radius 1 is 0.700 bits per heavy atom. The molecule has 0 bridgehead atoms. The van der Waals surface area contributed by atoms with Gasteiger partial charge < -0.3 is 10.8 Å². The summed E-state index contributed by atoms with van der Waals surface area (Å²) in [5, 5.41) is 21.5. The molecule has 0 spiro atoms. The van der Waals surface area contributed by atoms with E-state index in [9.17, 15) is 5.11 Å². The first kappa shape index (κ1) is 27.4. The Hall–Kier alpha value is -4.12. The van der Waals surface area contributed by atoms with Gasteiger partial charge in [0.05, 0.1) is 0 Å². The normalized spacial score (nSPS) is 12.7. The number of aromatic nitrogens is 3. The molecule has 4 aromatic carbocycles. The second-order valence-corrected chi connectivity index (χ2v) is 13.3. The van der Waals surface area contributed by atoms with E-state index in [1.807, 2.05) is 60.7 Å². The molecular formula is C35H40N4O. The fourth-order valence-corrected chi connectivity index (χ4v) is 5.95. The van der Waals surface area contributed by atoms with Crippen LogP contribution in [0.15, 0.2) is 84.9 Å². The van der Waals surface area contributed by atoms with E-state index in [0.29, 0.717) is 5.69 Å². The molecule has 5 heteroatoms. The van der Waals surface area contributed by atoms with Crippen molar-refractivity contribution >= 4 is 16.7 Å². The van der Waals surface area contributed by atoms with Gasteiger partial charge in [-0.3, -0.25) is 0 Å². The van der Waals surface area contributed by atoms with Crippen LogP contribution in [0.3, 0.4) is 0 Å². The molecule has 0 aliphatic heterocycles. The second kappa shape index (κ2) is 9.81. The number of benzene rings is 4. The Bertz CT molecular complexity index is 1660. The zero-order chi connectivity index (χ0) is 28.9. The maximum atomic E-state index is 11.8. The van der Waals surface area contributed by atoms with Gasteiger partial charge in [0.25, 0.3) is 0 Å². The zero-order valence-corrected chi connectivity index (χ0v) is 24.7. The summed E-state index contributed by atoms with van der Waals surface area (Å²) >= 11 is 0. The number of rotatable bonds is 6. The monoisotopic (exact) mass is 532 g/mol. The predicted molar refractivity (Wildman–Crippen MR) is 166 cm³/mol. The third-order valence-electron chi connectivity index (χ3n) is 7.85. The number of fused-ring (bicyclic) bond motifs is 1. The van der Waals surface area contributed by atoms with E-state index in [-0.39, 0.29) is 16.6 Å². The fourth-order valence-electron chi connectivity index (χ4n) is 5.95. The molecule has 0 amide bonds. The van der Waals surface area contributed by atoms with Gasteiger partial charge in [0.2, 0.25) is 0 Å². The van der Waals surface area contributed by atoms with Gasteiger partial charge in [0.1, 0.15) is 22.5 Å². The molecule has 0 saturated heterocycles. The summed E-state index contributed by atoms with van der Waals surface area (Å²) < 4.78 is 0. The first-order valence-electron chi connectivity index (χ1n) is 13.9. The summed E-state index contributed by atoms with van der Waals surface area (Å²) in [6, 6.07) is 28.4. The van der Waals surface area contributed by atoms with Crippen LogP contribution in [0.5, 0.6) is 5.75 Å². The van der Waals surface area contributed by atoms with E-state index in [1.165, 1.54) is 0 Å². The van der Waals surface area contributed by atoms with Gasteiger partial charge in [-0.05, 0) is 69.8 Å². The van der Waals surface area contributed by atoms with Crippen molar-refractivity contribution in [2.75, 3.05) is 5.73 Å². The summed E-state index contributed by atoms with van der Waals surface area (Å²) in [7, 11) is 0. The van der Waals surface area contributed by atoms with E-state index in [1.54, 1.807) is 4.80 Å². The summed E-state index contributed by atoms with van der Waals surface area (Å²) in [6.45, 7) is 15.7. The molecule has 0 aliphatic rings. The molecule has 0 atom stereocenters. The zero-order valence-electron chi connectivity index (χ0n) is 24.7. The van der Waals surface area contributed by atoms with Gasteiger partial charge in [0, 0.05) is 16.7 Å². The maximum absolute atomic E-state index is 11.8. The Kier molecular flexibility index (Phi) is 6.73. The van der Waals surface area contributed by atoms with Crippen molar-refractivity contribution in [2.24, 2.45) is 5.41 Å². The van der Waals surface area contributed by atoms with Gasteiger partial charge in [-0.1, -0.05) is 103 Å². The van der Waals surface area contributed by atoms with Crippen LogP contribution in [-0.2, 0) is 10.8 Å². The molecule has 0 aliphatic carbocycles. The van der Waals surface area contributed by atoms with Crippen LogP contribution in [0.25, 0.3) is 27.8 Å². The summed E-state index contributed by atoms with van der Waals surface area (Å²) in [4.78, 5) is 1.59. The summed E-state index contributed by atoms with van der Waals surface area (Å²) in [6.07, 6.45) is 0.981. The SMILES string of the molecule is CC(C)(C)CC(C)(C)c1cc(-n2nc3ccc(-c4ccc(N)cc4)cc3n2)c(O)c(C(C)(C)c2ccccc2)c1. The molecule has 1 heterocycles. The van der Waals surface area contributed by atoms with Crippen molar-refractivity contribution in [3.63, 3.8) is 0 Å². The van der Waals surface area contributed by atoms with Crippen LogP contribution in [0.1, 0.15) is 71.6 Å². The molecule has 5 nitrogen and oxygen atoms in total. The molecule has 0 unspecified atom stereocenters. The predicted octanol–water partition coefficient (Wildman–Crippen LogP) is 8.42. The standard InChI is InChI=1S/C35H40N4O/c1-33(2,3)22-34(4,5)26-20-28(35(6,7)25-11-9-8-10-12-25)32(40)31(21-26)39-37-29-18-15-24(19-30(29)38-39)23-13-16-27(36)17-14-23/h8-21,40H,22,36H2,1-7H3. The average Bonchev–Trinajstić information content (AvgIpc) is 3.31. The first-order chi connectivity index (χ1) is 18.7. The van der Waals surface area contributed by atoms with Gasteiger partial charge in [-0.2, -0.15) is 0 Å². The van der Waals surface area contributed by atoms with Gasteiger partial charge >= 0.3 is 0 Å². The van der Waals surface area contributed by atoms with Crippen molar-refractivity contribution in [1.29, 1.82) is 0 Å². The van der Waals surface area contributed by atoms with E-state index < -0.39 is 5.41 Å². The van der Waals surface area contributed by atoms with Gasteiger partial charge in [-0.15, -0.1) is 15.0 Å². The van der Waals surface area contributed by atoms with Crippen LogP contribution >= 0.6 is 0 Å². The van der Waals surface area contributed by atoms with Crippen LogP contribution in [0.4, 0.5) is 5.69 Å². The third-order valence-corrected chi connectivity index (χ3v) is 7.85. The number of anilines is 1. The Labute approximate surface area is 237 Å². The fraction of sp³-hybridized carbons (Fsp3) is 0.314. The summed E-state index contributed by atoms with van der Waals surface area (Å²) in [5.41, 5.74) is 13.5. The Morgan fingerprint density at radius 3 is 1.98 bits per heavy atom. The maximum Gasteiger partial charge on any atom is 0.147 e. The molecule has 1 aromatic heterocycles. The Morgan fingerprint density at radius 2 is 1.32 bits per heavy atom. The van der Waals surface area contributed by atoms with Crippen molar-refractivity contribution in [3.8, 4) is 22.6 Å². The highest BCUT2D eigenvalue weighted by molar-refractivity contribution is 5.81. The molecule has 206 valence electrons. The molecule has 0 radical (unpaired) electrons. The quantitative estimate of drug-likeness (QED) is 0.215. The van der Waals surface area contributed by atoms with E-state index in [4.69, 9.17) is 15.9 Å². The minimum absolute atomic E-state index is 0.133. The van der Waals surface area contributed by atoms with Crippen LogP contribution in [0, 0.1) is 5.41 Å². The molecule has 5 rings (SSSR count). The highest BCUT2D eigenvalue weighted by Gasteiger charge is 2.33. The first-order valence-corrected chi connectivity index (χ1v) is 13.9. The molecular weight excluding hydrogens is 492 g/mol. The van der Waals surface area contributed by atoms with Gasteiger partial charge in [0.15, 0.2) is 0 Å². The lowest BCUT2D eigenvalue weighted by molar-refractivity contribution is 0.283. The molecule has 3 N–H and O–H groups in total. The van der Waals surface area contributed by atoms with Gasteiger partial charge in [-0.25, -0.2) is 0 Å². The second-order valence-electron chi connectivity index (χ2n) is 13.3. The average molecular weight is 533 g/mol. The van der Waals surface area contributed by atoms with Crippen molar-refractivity contribution in [2.45, 2.75) is 65.7 Å². The van der Waals surface area contributed by atoms with E-state index in [0.717, 1.165) is 51.0 Å².